The van der Waals surface area contributed by atoms with Gasteiger partial charge in [0.2, 0.25) is 12.1 Å². The van der Waals surface area contributed by atoms with E-state index >= 15 is 0 Å². The third-order valence-electron chi connectivity index (χ3n) is 4.99. The van der Waals surface area contributed by atoms with Crippen molar-refractivity contribution < 1.29 is 23.5 Å². The van der Waals surface area contributed by atoms with Gasteiger partial charge in [0.15, 0.2) is 11.8 Å². The summed E-state index contributed by atoms with van der Waals surface area (Å²) in [5.41, 5.74) is 2.27. The monoisotopic (exact) mass is 397 g/mol. The van der Waals surface area contributed by atoms with Crippen LogP contribution < -0.4 is 10.1 Å². The Morgan fingerprint density at radius 1 is 1.34 bits per heavy atom. The predicted octanol–water partition coefficient (Wildman–Crippen LogP) is 1.71. The lowest BCUT2D eigenvalue weighted by Gasteiger charge is -2.31. The second-order valence-electron chi connectivity index (χ2n) is 6.91. The molecular weight excluding hydrogens is 381 g/mol. The number of halogens is 1. The summed E-state index contributed by atoms with van der Waals surface area (Å²) in [7, 11) is 0. The van der Waals surface area contributed by atoms with Crippen LogP contribution in [-0.4, -0.2) is 50.4 Å². The number of ether oxygens (including phenoxy) is 2. The number of hydrogen-bond donors (Lipinski definition) is 1. The third kappa shape index (κ3) is 2.93. The fourth-order valence-corrected chi connectivity index (χ4v) is 3.59. The smallest absolute Gasteiger partial charge is 0.413 e. The third-order valence-corrected chi connectivity index (χ3v) is 4.99. The quantitative estimate of drug-likeness (QED) is 0.723. The number of nitrogens with one attached hydrogen (secondary N) is 1. The molecule has 0 unspecified atom stereocenters. The average Bonchev–Trinajstić information content (AvgIpc) is 3.28. The molecule has 2 aliphatic rings. The highest BCUT2D eigenvalue weighted by molar-refractivity contribution is 5.74. The Morgan fingerprint density at radius 3 is 3.03 bits per heavy atom. The zero-order valence-electron chi connectivity index (χ0n) is 15.3. The van der Waals surface area contributed by atoms with Gasteiger partial charge >= 0.3 is 6.09 Å². The first-order valence-corrected chi connectivity index (χ1v) is 9.00. The van der Waals surface area contributed by atoms with Gasteiger partial charge in [-0.25, -0.2) is 18.7 Å². The van der Waals surface area contributed by atoms with E-state index < -0.39 is 24.2 Å². The average molecular weight is 397 g/mol. The number of fused-ring (bicyclic) bond motifs is 3. The van der Waals surface area contributed by atoms with Crippen molar-refractivity contribution >= 4 is 17.6 Å². The Hall–Kier alpha value is -3.69. The molecule has 9 nitrogen and oxygen atoms in total. The van der Waals surface area contributed by atoms with Crippen LogP contribution in [0.5, 0.6) is 5.75 Å². The minimum Gasteiger partial charge on any atom is -0.466 e. The highest BCUT2D eigenvalue weighted by Gasteiger charge is 2.46. The molecule has 29 heavy (non-hydrogen) atoms. The van der Waals surface area contributed by atoms with Crippen LogP contribution in [-0.2, 0) is 16.1 Å². The molecule has 0 bridgehead atoms. The van der Waals surface area contributed by atoms with Crippen molar-refractivity contribution in [1.82, 2.24) is 24.8 Å². The summed E-state index contributed by atoms with van der Waals surface area (Å²) in [6.45, 7) is 1.71. The van der Waals surface area contributed by atoms with Crippen LogP contribution in [0.3, 0.4) is 0 Å². The van der Waals surface area contributed by atoms with Gasteiger partial charge in [0.05, 0.1) is 13.1 Å². The summed E-state index contributed by atoms with van der Waals surface area (Å²) in [5, 5.41) is 6.64. The van der Waals surface area contributed by atoms with Gasteiger partial charge in [-0.3, -0.25) is 9.69 Å². The lowest BCUT2D eigenvalue weighted by molar-refractivity contribution is -0.119. The molecule has 0 radical (unpaired) electrons. The molecule has 2 atom stereocenters. The maximum Gasteiger partial charge on any atom is 0.413 e. The first-order valence-electron chi connectivity index (χ1n) is 9.00. The molecule has 3 aromatic rings. The van der Waals surface area contributed by atoms with Crippen LogP contribution in [0.1, 0.15) is 12.5 Å². The van der Waals surface area contributed by atoms with Crippen molar-refractivity contribution in [2.45, 2.75) is 25.8 Å². The molecule has 1 fully saturated rings. The zero-order chi connectivity index (χ0) is 20.1. The number of pyridine rings is 1. The number of nitrogens with zero attached hydrogens (tertiary/aromatic N) is 4. The molecule has 148 valence electrons. The van der Waals surface area contributed by atoms with Crippen molar-refractivity contribution in [3.63, 3.8) is 0 Å². The van der Waals surface area contributed by atoms with Crippen molar-refractivity contribution in [1.29, 1.82) is 0 Å². The molecule has 5 rings (SSSR count). The summed E-state index contributed by atoms with van der Waals surface area (Å²) in [6, 6.07) is 6.45. The zero-order valence-corrected chi connectivity index (χ0v) is 15.3. The van der Waals surface area contributed by atoms with E-state index in [1.165, 1.54) is 24.2 Å². The number of rotatable bonds is 3. The summed E-state index contributed by atoms with van der Waals surface area (Å²) >= 11 is 0. The lowest BCUT2D eigenvalue weighted by Crippen LogP contribution is -2.47. The van der Waals surface area contributed by atoms with Crippen molar-refractivity contribution in [2.75, 3.05) is 6.54 Å². The van der Waals surface area contributed by atoms with Gasteiger partial charge < -0.3 is 14.8 Å². The summed E-state index contributed by atoms with van der Waals surface area (Å²) in [5.74, 6) is -0.345. The maximum absolute atomic E-state index is 14.9. The largest absolute Gasteiger partial charge is 0.466 e. The lowest BCUT2D eigenvalue weighted by atomic mass is 10.0. The molecule has 1 N–H and O–H groups in total. The first-order chi connectivity index (χ1) is 14.0. The van der Waals surface area contributed by atoms with Gasteiger partial charge in [-0.15, -0.1) is 0 Å². The van der Waals surface area contributed by atoms with Crippen LogP contribution in [0.15, 0.2) is 36.8 Å². The van der Waals surface area contributed by atoms with Gasteiger partial charge in [-0.05, 0) is 23.8 Å². The summed E-state index contributed by atoms with van der Waals surface area (Å²) in [4.78, 5) is 28.9. The first kappa shape index (κ1) is 17.4. The van der Waals surface area contributed by atoms with Crippen LogP contribution >= 0.6 is 0 Å². The van der Waals surface area contributed by atoms with E-state index in [9.17, 15) is 14.0 Å². The number of hydrogen-bond acceptors (Lipinski definition) is 6. The van der Waals surface area contributed by atoms with Gasteiger partial charge in [0, 0.05) is 30.3 Å². The number of cyclic esters (lactones) is 1. The van der Waals surface area contributed by atoms with Crippen molar-refractivity contribution in [3.05, 3.63) is 48.2 Å². The Kier molecular flexibility index (Phi) is 3.86. The fourth-order valence-electron chi connectivity index (χ4n) is 3.59. The Morgan fingerprint density at radius 2 is 2.21 bits per heavy atom. The predicted molar refractivity (Wildman–Crippen MR) is 97.3 cm³/mol. The Labute approximate surface area is 164 Å². The van der Waals surface area contributed by atoms with Crippen LogP contribution in [0.25, 0.3) is 16.8 Å². The molecule has 2 amide bonds. The molecule has 1 saturated heterocycles. The normalized spacial score (nSPS) is 20.1. The molecule has 0 saturated carbocycles. The number of benzene rings is 1. The molecule has 10 heteroatoms. The van der Waals surface area contributed by atoms with E-state index in [1.54, 1.807) is 28.9 Å². The minimum atomic E-state index is -0.723. The van der Waals surface area contributed by atoms with E-state index in [0.29, 0.717) is 28.1 Å². The molecular formula is C19H16FN5O4. The summed E-state index contributed by atoms with van der Waals surface area (Å²) < 4.78 is 27.6. The number of amides is 2. The second kappa shape index (κ2) is 6.43. The van der Waals surface area contributed by atoms with E-state index in [0.717, 1.165) is 0 Å². The van der Waals surface area contributed by atoms with Crippen LogP contribution in [0, 0.1) is 5.82 Å². The van der Waals surface area contributed by atoms with Gasteiger partial charge in [0.1, 0.15) is 17.9 Å². The SMILES string of the molecule is CC(=O)NC[C@@H]1OC(=O)N2Cc3cc(-c4ccn5ncnc5c4)c(F)cc3O[C@@H]12. The summed E-state index contributed by atoms with van der Waals surface area (Å²) in [6.07, 6.45) is 1.20. The molecule has 2 aromatic heterocycles. The fraction of sp³-hybridized carbons (Fsp3) is 0.263. The van der Waals surface area contributed by atoms with E-state index in [-0.39, 0.29) is 19.0 Å². The standard InChI is InChI=1S/C19H16FN5O4/c1-10(26)21-7-16-18-24(19(27)29-16)8-12-4-13(14(20)6-15(12)28-18)11-2-3-25-17(5-11)22-9-23-25/h2-6,9,16,18H,7-8H2,1H3,(H,21,26)/t16-,18-/m0/s1. The molecule has 4 heterocycles. The highest BCUT2D eigenvalue weighted by atomic mass is 19.1. The second-order valence-corrected chi connectivity index (χ2v) is 6.91. The van der Waals surface area contributed by atoms with E-state index in [1.807, 2.05) is 0 Å². The van der Waals surface area contributed by atoms with E-state index in [2.05, 4.69) is 15.4 Å². The van der Waals surface area contributed by atoms with Crippen molar-refractivity contribution in [2.24, 2.45) is 0 Å². The van der Waals surface area contributed by atoms with E-state index in [4.69, 9.17) is 9.47 Å². The van der Waals surface area contributed by atoms with Gasteiger partial charge in [-0.1, -0.05) is 0 Å². The molecule has 0 spiro atoms. The number of carbonyl (C=O) groups is 2. The number of carbonyl (C=O) groups excluding carboxylic acids is 2. The number of aromatic nitrogens is 3. The van der Waals surface area contributed by atoms with Gasteiger partial charge in [-0.2, -0.15) is 5.10 Å². The highest BCUT2D eigenvalue weighted by Crippen LogP contribution is 2.37. The van der Waals surface area contributed by atoms with Gasteiger partial charge in [0.25, 0.3) is 0 Å². The topological polar surface area (TPSA) is 98.1 Å². The maximum atomic E-state index is 14.9. The van der Waals surface area contributed by atoms with Crippen LogP contribution in [0.2, 0.25) is 0 Å². The molecule has 2 aliphatic heterocycles. The van der Waals surface area contributed by atoms with Crippen molar-refractivity contribution in [3.8, 4) is 16.9 Å². The Balaban J connectivity index is 1.47. The molecule has 1 aromatic carbocycles. The molecule has 0 aliphatic carbocycles. The Bertz CT molecular complexity index is 1150. The minimum absolute atomic E-state index is 0.122. The van der Waals surface area contributed by atoms with Crippen LogP contribution in [0.4, 0.5) is 9.18 Å².